The number of anilines is 2. The molecule has 4 rings (SSSR count). The van der Waals surface area contributed by atoms with Crippen LogP contribution in [0.3, 0.4) is 0 Å². The zero-order valence-electron chi connectivity index (χ0n) is 21.7. The molecule has 0 bridgehead atoms. The van der Waals surface area contributed by atoms with Gasteiger partial charge in [0.1, 0.15) is 17.5 Å². The number of hydrogen-bond acceptors (Lipinski definition) is 7. The second kappa shape index (κ2) is 12.6. The highest BCUT2D eigenvalue weighted by Gasteiger charge is 2.32. The molecule has 1 aliphatic carbocycles. The van der Waals surface area contributed by atoms with Crippen molar-refractivity contribution < 1.29 is 18.3 Å². The van der Waals surface area contributed by atoms with Crippen molar-refractivity contribution in [1.82, 2.24) is 10.3 Å². The molecule has 0 radical (unpaired) electrons. The van der Waals surface area contributed by atoms with Crippen molar-refractivity contribution in [2.75, 3.05) is 44.1 Å². The average molecular weight is 514 g/mol. The van der Waals surface area contributed by atoms with Gasteiger partial charge in [0, 0.05) is 50.6 Å². The van der Waals surface area contributed by atoms with Gasteiger partial charge < -0.3 is 25.4 Å². The van der Waals surface area contributed by atoms with Crippen molar-refractivity contribution in [3.8, 4) is 17.2 Å². The van der Waals surface area contributed by atoms with E-state index in [9.17, 15) is 14.0 Å². The molecule has 1 saturated carbocycles. The first kappa shape index (κ1) is 27.2. The van der Waals surface area contributed by atoms with Crippen LogP contribution in [0.25, 0.3) is 11.1 Å². The van der Waals surface area contributed by atoms with E-state index in [4.69, 9.17) is 9.47 Å². The van der Waals surface area contributed by atoms with Crippen molar-refractivity contribution >= 4 is 11.5 Å². The summed E-state index contributed by atoms with van der Waals surface area (Å²) in [6.45, 7) is 4.15. The third-order valence-corrected chi connectivity index (χ3v) is 7.45. The van der Waals surface area contributed by atoms with Crippen LogP contribution in [0, 0.1) is 28.4 Å². The summed E-state index contributed by atoms with van der Waals surface area (Å²) in [5, 5.41) is 19.8. The Labute approximate surface area is 218 Å². The van der Waals surface area contributed by atoms with Crippen molar-refractivity contribution in [3.63, 3.8) is 0 Å². The molecule has 2 heterocycles. The third kappa shape index (κ3) is 7.16. The molecule has 1 aliphatic heterocycles. The van der Waals surface area contributed by atoms with E-state index in [0.29, 0.717) is 68.2 Å². The second-order valence-electron chi connectivity index (χ2n) is 10.3. The van der Waals surface area contributed by atoms with Gasteiger partial charge in [-0.1, -0.05) is 6.07 Å². The van der Waals surface area contributed by atoms with E-state index >= 15 is 0 Å². The van der Waals surface area contributed by atoms with E-state index in [-0.39, 0.29) is 11.7 Å². The predicted octanol–water partition coefficient (Wildman–Crippen LogP) is 5.11. The molecule has 1 unspecified atom stereocenters. The van der Waals surface area contributed by atoms with Gasteiger partial charge in [0.05, 0.1) is 30.0 Å². The van der Waals surface area contributed by atoms with Crippen molar-refractivity contribution in [2.24, 2.45) is 5.41 Å². The summed E-state index contributed by atoms with van der Waals surface area (Å²) in [5.41, 5.74) is 0.545. The number of methoxy groups -OCH3 is 1. The Hall–Kier alpha value is -2.80. The van der Waals surface area contributed by atoms with Gasteiger partial charge in [0.25, 0.3) is 0 Å². The Morgan fingerprint density at radius 2 is 1.86 bits per heavy atom. The number of benzene rings is 1. The highest BCUT2D eigenvalue weighted by Crippen LogP contribution is 2.33. The monoisotopic (exact) mass is 513 g/mol. The van der Waals surface area contributed by atoms with Gasteiger partial charge in [-0.15, -0.1) is 0 Å². The molecule has 1 aromatic heterocycles. The molecular weight excluding hydrogens is 476 g/mol. The number of halogens is 2. The average Bonchev–Trinajstić information content (AvgIpc) is 2.91. The molecule has 1 atom stereocenters. The lowest BCUT2D eigenvalue weighted by molar-refractivity contribution is 0.0456. The van der Waals surface area contributed by atoms with E-state index in [1.54, 1.807) is 25.3 Å². The highest BCUT2D eigenvalue weighted by atomic mass is 19.1. The van der Waals surface area contributed by atoms with Crippen LogP contribution in [0.15, 0.2) is 30.5 Å². The van der Waals surface area contributed by atoms with Crippen LogP contribution in [-0.4, -0.2) is 56.6 Å². The predicted molar refractivity (Wildman–Crippen MR) is 140 cm³/mol. The number of nitriles is 1. The number of nitrogens with zero attached hydrogens (tertiary/aromatic N) is 2. The number of pyridine rings is 1. The Balaban J connectivity index is 1.41. The van der Waals surface area contributed by atoms with Gasteiger partial charge in [0.15, 0.2) is 0 Å². The first-order valence-electron chi connectivity index (χ1n) is 13.1. The van der Waals surface area contributed by atoms with Crippen LogP contribution in [0.5, 0.6) is 0 Å². The highest BCUT2D eigenvalue weighted by molar-refractivity contribution is 5.71. The number of aromatic nitrogens is 1. The topological polar surface area (TPSA) is 91.2 Å². The second-order valence-corrected chi connectivity index (χ2v) is 10.3. The molecular formula is C28H37F2N5O2. The fourth-order valence-electron chi connectivity index (χ4n) is 5.24. The summed E-state index contributed by atoms with van der Waals surface area (Å²) >= 11 is 0. The number of hydrogen-bond donors (Lipinski definition) is 3. The molecule has 0 amide bonds. The van der Waals surface area contributed by atoms with E-state index < -0.39 is 17.0 Å². The molecule has 2 aromatic rings. The molecule has 3 N–H and O–H groups in total. The van der Waals surface area contributed by atoms with Crippen molar-refractivity contribution in [3.05, 3.63) is 42.1 Å². The van der Waals surface area contributed by atoms with Gasteiger partial charge in [-0.2, -0.15) is 5.26 Å². The molecule has 9 heteroatoms. The number of ether oxygens (including phenoxy) is 2. The summed E-state index contributed by atoms with van der Waals surface area (Å²) in [6, 6.07) is 9.59. The van der Waals surface area contributed by atoms with E-state index in [1.165, 1.54) is 12.3 Å². The molecule has 37 heavy (non-hydrogen) atoms. The van der Waals surface area contributed by atoms with E-state index in [2.05, 4.69) is 33.9 Å². The van der Waals surface area contributed by atoms with E-state index in [1.807, 2.05) is 0 Å². The summed E-state index contributed by atoms with van der Waals surface area (Å²) < 4.78 is 40.0. The third-order valence-electron chi connectivity index (χ3n) is 7.45. The lowest BCUT2D eigenvalue weighted by atomic mass is 9.81. The summed E-state index contributed by atoms with van der Waals surface area (Å²) in [7, 11) is 1.71. The summed E-state index contributed by atoms with van der Waals surface area (Å²) in [4.78, 5) is 4.25. The van der Waals surface area contributed by atoms with E-state index in [0.717, 1.165) is 25.7 Å². The Morgan fingerprint density at radius 3 is 2.57 bits per heavy atom. The Bertz CT molecular complexity index is 1080. The normalized spacial score (nSPS) is 22.1. The minimum Gasteiger partial charge on any atom is -0.383 e. The van der Waals surface area contributed by atoms with Gasteiger partial charge in [-0.05, 0) is 69.2 Å². The maximum absolute atomic E-state index is 14.8. The largest absolute Gasteiger partial charge is 0.383 e. The van der Waals surface area contributed by atoms with Crippen molar-refractivity contribution in [1.29, 1.82) is 5.26 Å². The molecule has 200 valence electrons. The van der Waals surface area contributed by atoms with Crippen LogP contribution in [0.4, 0.5) is 20.3 Å². The molecule has 1 aromatic carbocycles. The SMILES string of the molecule is COCC(C)NC1CCC(Nc2cc(-c3ccc(F)c(NCC4(C#N)CCOCC4)c3)c(F)cn2)CC1. The number of rotatable bonds is 10. The molecule has 2 fully saturated rings. The maximum atomic E-state index is 14.8. The van der Waals surface area contributed by atoms with Crippen LogP contribution < -0.4 is 16.0 Å². The molecule has 7 nitrogen and oxygen atoms in total. The van der Waals surface area contributed by atoms with Crippen molar-refractivity contribution in [2.45, 2.75) is 63.6 Å². The first-order valence-corrected chi connectivity index (χ1v) is 13.1. The summed E-state index contributed by atoms with van der Waals surface area (Å²) in [5.74, 6) is -0.312. The van der Waals surface area contributed by atoms with Crippen LogP contribution in [-0.2, 0) is 9.47 Å². The lowest BCUT2D eigenvalue weighted by Crippen LogP contribution is -2.42. The molecule has 1 saturated heterocycles. The summed E-state index contributed by atoms with van der Waals surface area (Å²) in [6.07, 6.45) is 6.46. The van der Waals surface area contributed by atoms with Gasteiger partial charge in [-0.25, -0.2) is 13.8 Å². The molecule has 0 spiro atoms. The van der Waals surface area contributed by atoms with Crippen LogP contribution >= 0.6 is 0 Å². The minimum absolute atomic E-state index is 0.248. The zero-order chi connectivity index (χ0) is 26.3. The fourth-order valence-corrected chi connectivity index (χ4v) is 5.24. The minimum atomic E-state index is -0.601. The first-order chi connectivity index (χ1) is 17.9. The molecule has 2 aliphatic rings. The van der Waals surface area contributed by atoms with Crippen LogP contribution in [0.1, 0.15) is 45.4 Å². The Morgan fingerprint density at radius 1 is 1.14 bits per heavy atom. The smallest absolute Gasteiger partial charge is 0.149 e. The number of nitrogens with one attached hydrogen (secondary N) is 3. The Kier molecular flexibility index (Phi) is 9.30. The van der Waals surface area contributed by atoms with Gasteiger partial charge in [0.2, 0.25) is 0 Å². The maximum Gasteiger partial charge on any atom is 0.149 e. The lowest BCUT2D eigenvalue weighted by Gasteiger charge is -2.32. The fraction of sp³-hybridized carbons (Fsp3) is 0.571. The zero-order valence-corrected chi connectivity index (χ0v) is 21.7. The quantitative estimate of drug-likeness (QED) is 0.407. The standard InChI is InChI=1S/C28H37F2N5O2/c1-19(16-36-2)34-21-4-6-22(7-5-21)35-27-14-23(25(30)15-32-27)20-3-8-24(29)26(13-20)33-18-28(17-31)9-11-37-12-10-28/h3,8,13-15,19,21-22,33-34H,4-7,9-12,16,18H2,1-2H3,(H,32,35). The van der Waals surface area contributed by atoms with Crippen LogP contribution in [0.2, 0.25) is 0 Å². The van der Waals surface area contributed by atoms with Gasteiger partial charge >= 0.3 is 0 Å². The van der Waals surface area contributed by atoms with Gasteiger partial charge in [-0.3, -0.25) is 0 Å².